The van der Waals surface area contributed by atoms with Crippen LogP contribution in [0.15, 0.2) is 29.4 Å². The molecule has 2 rings (SSSR count). The van der Waals surface area contributed by atoms with E-state index in [1.165, 1.54) is 40.9 Å². The van der Waals surface area contributed by atoms with Gasteiger partial charge in [0.25, 0.3) is 0 Å². The summed E-state index contributed by atoms with van der Waals surface area (Å²) in [5.41, 5.74) is 2.56. The third-order valence-electron chi connectivity index (χ3n) is 4.23. The molecule has 0 bridgehead atoms. The van der Waals surface area contributed by atoms with Crippen molar-refractivity contribution < 1.29 is 14.0 Å². The van der Waals surface area contributed by atoms with Crippen LogP contribution >= 0.6 is 11.8 Å². The lowest BCUT2D eigenvalue weighted by atomic mass is 10.2. The highest BCUT2D eigenvalue weighted by Gasteiger charge is 2.17. The molecule has 28 heavy (non-hydrogen) atoms. The molecular formula is C20H27FN4O2S. The van der Waals surface area contributed by atoms with Crippen LogP contribution in [-0.4, -0.2) is 45.6 Å². The minimum atomic E-state index is -0.372. The van der Waals surface area contributed by atoms with Gasteiger partial charge in [0.05, 0.1) is 18.0 Å². The third-order valence-corrected chi connectivity index (χ3v) is 5.19. The van der Waals surface area contributed by atoms with Crippen molar-refractivity contribution in [1.29, 1.82) is 0 Å². The van der Waals surface area contributed by atoms with Crippen molar-refractivity contribution in [3.05, 3.63) is 41.5 Å². The Morgan fingerprint density at radius 2 is 1.89 bits per heavy atom. The van der Waals surface area contributed by atoms with Crippen molar-refractivity contribution in [1.82, 2.24) is 14.5 Å². The lowest BCUT2D eigenvalue weighted by Crippen LogP contribution is -2.36. The fourth-order valence-corrected chi connectivity index (χ4v) is 3.63. The lowest BCUT2D eigenvalue weighted by Gasteiger charge is -2.17. The van der Waals surface area contributed by atoms with Crippen molar-refractivity contribution in [2.75, 3.05) is 24.7 Å². The van der Waals surface area contributed by atoms with Crippen LogP contribution in [0.3, 0.4) is 0 Å². The zero-order valence-corrected chi connectivity index (χ0v) is 17.8. The van der Waals surface area contributed by atoms with Crippen LogP contribution in [0.1, 0.15) is 25.2 Å². The molecule has 1 aromatic heterocycles. The number of hydrogen-bond donors (Lipinski definition) is 1. The first-order valence-electron chi connectivity index (χ1n) is 9.13. The summed E-state index contributed by atoms with van der Waals surface area (Å²) in [4.78, 5) is 30.4. The number of nitrogens with one attached hydrogen (secondary N) is 1. The Labute approximate surface area is 169 Å². The molecule has 0 aliphatic rings. The Balaban J connectivity index is 1.89. The molecule has 0 unspecified atom stereocenters. The number of nitrogens with zero attached hydrogens (tertiary/aromatic N) is 3. The molecule has 0 radical (unpaired) electrons. The molecule has 0 saturated heterocycles. The number of anilines is 1. The van der Waals surface area contributed by atoms with Gasteiger partial charge in [-0.1, -0.05) is 25.6 Å². The molecule has 8 heteroatoms. The molecule has 0 atom stereocenters. The molecule has 6 nitrogen and oxygen atoms in total. The number of carbonyl (C=O) groups is 2. The number of aromatic nitrogens is 2. The SMILES string of the molecule is Cc1nc(SCC(=O)N(C)CC(=O)Nc2ccc(F)cc2)n(CC(C)C)c1C. The molecule has 2 amide bonds. The molecule has 1 N–H and O–H groups in total. The summed E-state index contributed by atoms with van der Waals surface area (Å²) in [6, 6.07) is 5.49. The molecule has 1 aromatic carbocycles. The van der Waals surface area contributed by atoms with E-state index in [9.17, 15) is 14.0 Å². The Hall–Kier alpha value is -2.35. The van der Waals surface area contributed by atoms with Crippen LogP contribution in [0.25, 0.3) is 0 Å². The molecule has 1 heterocycles. The fourth-order valence-electron chi connectivity index (χ4n) is 2.59. The molecule has 0 saturated carbocycles. The number of hydrogen-bond acceptors (Lipinski definition) is 4. The number of carbonyl (C=O) groups excluding carboxylic acids is 2. The number of likely N-dealkylation sites (N-methyl/N-ethyl adjacent to an activating group) is 1. The first-order valence-corrected chi connectivity index (χ1v) is 10.1. The average Bonchev–Trinajstić information content (AvgIpc) is 2.88. The van der Waals surface area contributed by atoms with Gasteiger partial charge >= 0.3 is 0 Å². The fraction of sp³-hybridized carbons (Fsp3) is 0.450. The zero-order chi connectivity index (χ0) is 20.8. The smallest absolute Gasteiger partial charge is 0.243 e. The van der Waals surface area contributed by atoms with Gasteiger partial charge < -0.3 is 14.8 Å². The van der Waals surface area contributed by atoms with Gasteiger partial charge in [-0.15, -0.1) is 0 Å². The second-order valence-electron chi connectivity index (χ2n) is 7.16. The van der Waals surface area contributed by atoms with Crippen LogP contribution in [0.5, 0.6) is 0 Å². The predicted molar refractivity (Wildman–Crippen MR) is 110 cm³/mol. The molecule has 0 spiro atoms. The summed E-state index contributed by atoms with van der Waals surface area (Å²) < 4.78 is 15.1. The van der Waals surface area contributed by atoms with E-state index in [0.29, 0.717) is 11.6 Å². The average molecular weight is 407 g/mol. The summed E-state index contributed by atoms with van der Waals surface area (Å²) in [5, 5.41) is 3.47. The van der Waals surface area contributed by atoms with Gasteiger partial charge in [-0.2, -0.15) is 0 Å². The lowest BCUT2D eigenvalue weighted by molar-refractivity contribution is -0.131. The minimum Gasteiger partial charge on any atom is -0.336 e. The topological polar surface area (TPSA) is 67.2 Å². The molecule has 152 valence electrons. The standard InChI is InChI=1S/C20H27FN4O2S/c1-13(2)10-25-15(4)14(3)22-20(25)28-12-19(27)24(5)11-18(26)23-17-8-6-16(21)7-9-17/h6-9,13H,10-12H2,1-5H3,(H,23,26). The maximum absolute atomic E-state index is 12.9. The second-order valence-corrected chi connectivity index (χ2v) is 8.11. The Morgan fingerprint density at radius 1 is 1.25 bits per heavy atom. The van der Waals surface area contributed by atoms with E-state index >= 15 is 0 Å². The highest BCUT2D eigenvalue weighted by atomic mass is 32.2. The molecule has 2 aromatic rings. The van der Waals surface area contributed by atoms with Gasteiger partial charge in [0.2, 0.25) is 11.8 Å². The maximum atomic E-state index is 12.9. The monoisotopic (exact) mass is 406 g/mol. The van der Waals surface area contributed by atoms with Gasteiger partial charge in [0, 0.05) is 25.0 Å². The van der Waals surface area contributed by atoms with Gasteiger partial charge in [-0.3, -0.25) is 9.59 Å². The number of rotatable bonds is 8. The van der Waals surface area contributed by atoms with E-state index < -0.39 is 0 Å². The van der Waals surface area contributed by atoms with Gasteiger partial charge in [0.15, 0.2) is 5.16 Å². The summed E-state index contributed by atoms with van der Waals surface area (Å²) in [7, 11) is 1.59. The summed E-state index contributed by atoms with van der Waals surface area (Å²) in [6.07, 6.45) is 0. The summed E-state index contributed by atoms with van der Waals surface area (Å²) in [6.45, 7) is 9.05. The van der Waals surface area contributed by atoms with Crippen LogP contribution in [0.2, 0.25) is 0 Å². The number of benzene rings is 1. The van der Waals surface area contributed by atoms with Crippen molar-refractivity contribution in [2.24, 2.45) is 5.92 Å². The van der Waals surface area contributed by atoms with E-state index in [4.69, 9.17) is 0 Å². The number of halogens is 1. The van der Waals surface area contributed by atoms with Crippen LogP contribution in [0, 0.1) is 25.6 Å². The van der Waals surface area contributed by atoms with Crippen molar-refractivity contribution in [3.8, 4) is 0 Å². The normalized spacial score (nSPS) is 11.0. The second kappa shape index (κ2) is 9.73. The van der Waals surface area contributed by atoms with E-state index in [1.54, 1.807) is 7.05 Å². The quantitative estimate of drug-likeness (QED) is 0.682. The van der Waals surface area contributed by atoms with Crippen LogP contribution in [-0.2, 0) is 16.1 Å². The largest absolute Gasteiger partial charge is 0.336 e. The van der Waals surface area contributed by atoms with Crippen molar-refractivity contribution in [2.45, 2.75) is 39.4 Å². The predicted octanol–water partition coefficient (Wildman–Crippen LogP) is 3.48. The Morgan fingerprint density at radius 3 is 2.50 bits per heavy atom. The third kappa shape index (κ3) is 6.09. The van der Waals surface area contributed by atoms with Gasteiger partial charge in [-0.05, 0) is 44.0 Å². The van der Waals surface area contributed by atoms with E-state index in [-0.39, 0.29) is 29.9 Å². The van der Waals surface area contributed by atoms with Crippen LogP contribution in [0.4, 0.5) is 10.1 Å². The van der Waals surface area contributed by atoms with Gasteiger partial charge in [-0.25, -0.2) is 9.37 Å². The number of imidazole rings is 1. The summed E-state index contributed by atoms with van der Waals surface area (Å²) in [5.74, 6) is -0.188. The van der Waals surface area contributed by atoms with E-state index in [0.717, 1.165) is 23.1 Å². The molecule has 0 aliphatic heterocycles. The highest BCUT2D eigenvalue weighted by molar-refractivity contribution is 7.99. The highest BCUT2D eigenvalue weighted by Crippen LogP contribution is 2.22. The van der Waals surface area contributed by atoms with Crippen molar-refractivity contribution >= 4 is 29.3 Å². The van der Waals surface area contributed by atoms with E-state index in [1.807, 2.05) is 13.8 Å². The van der Waals surface area contributed by atoms with Crippen LogP contribution < -0.4 is 5.32 Å². The maximum Gasteiger partial charge on any atom is 0.243 e. The Bertz CT molecular complexity index is 833. The zero-order valence-electron chi connectivity index (χ0n) is 17.0. The minimum absolute atomic E-state index is 0.0741. The summed E-state index contributed by atoms with van der Waals surface area (Å²) >= 11 is 1.38. The first-order chi connectivity index (χ1) is 13.2. The molecule has 0 fully saturated rings. The van der Waals surface area contributed by atoms with Crippen molar-refractivity contribution in [3.63, 3.8) is 0 Å². The van der Waals surface area contributed by atoms with E-state index in [2.05, 4.69) is 28.7 Å². The number of aryl methyl sites for hydroxylation is 1. The molecule has 0 aliphatic carbocycles. The number of thioether (sulfide) groups is 1. The Kier molecular flexibility index (Phi) is 7.62. The number of amides is 2. The molecular weight excluding hydrogens is 379 g/mol. The van der Waals surface area contributed by atoms with Gasteiger partial charge in [0.1, 0.15) is 5.82 Å². The first kappa shape index (κ1) is 21.9.